The third kappa shape index (κ3) is 3.06. The molecule has 5 rings (SSSR count). The molecule has 6 atom stereocenters. The van der Waals surface area contributed by atoms with Crippen molar-refractivity contribution in [2.24, 2.45) is 35.0 Å². The van der Waals surface area contributed by atoms with E-state index in [1.54, 1.807) is 6.07 Å². The van der Waals surface area contributed by atoms with Crippen LogP contribution in [-0.2, 0) is 16.1 Å². The monoisotopic (exact) mass is 419 g/mol. The summed E-state index contributed by atoms with van der Waals surface area (Å²) in [6.45, 7) is 3.42. The minimum Gasteiger partial charge on any atom is -0.481 e. The molecule has 7 nitrogen and oxygen atoms in total. The summed E-state index contributed by atoms with van der Waals surface area (Å²) in [6, 6.07) is 1.76. The summed E-state index contributed by atoms with van der Waals surface area (Å²) in [5.74, 6) is -1.54. The third-order valence-corrected chi connectivity index (χ3v) is 8.44. The van der Waals surface area contributed by atoms with Crippen LogP contribution in [0.1, 0.15) is 50.0 Å². The fraction of sp³-hybridized carbons (Fsp3) is 0.773. The topological polar surface area (TPSA) is 104 Å². The number of aliphatic carboxylic acids is 1. The van der Waals surface area contributed by atoms with Crippen molar-refractivity contribution in [3.63, 3.8) is 0 Å². The maximum absolute atomic E-state index is 15.3. The van der Waals surface area contributed by atoms with Crippen LogP contribution in [0, 0.1) is 41.9 Å². The van der Waals surface area contributed by atoms with Crippen LogP contribution in [0.15, 0.2) is 10.6 Å². The first-order chi connectivity index (χ1) is 14.3. The van der Waals surface area contributed by atoms with E-state index >= 15 is 4.39 Å². The van der Waals surface area contributed by atoms with Crippen LogP contribution < -0.4 is 10.6 Å². The number of hydrogen-bond acceptors (Lipinski definition) is 5. The van der Waals surface area contributed by atoms with Gasteiger partial charge in [0.05, 0.1) is 24.1 Å². The second-order valence-corrected chi connectivity index (χ2v) is 9.95. The molecule has 164 valence electrons. The van der Waals surface area contributed by atoms with Crippen LogP contribution in [0.4, 0.5) is 4.39 Å². The van der Waals surface area contributed by atoms with Crippen LogP contribution >= 0.6 is 0 Å². The summed E-state index contributed by atoms with van der Waals surface area (Å²) in [4.78, 5) is 25.3. The van der Waals surface area contributed by atoms with E-state index in [2.05, 4.69) is 15.8 Å². The zero-order valence-electron chi connectivity index (χ0n) is 17.3. The van der Waals surface area contributed by atoms with Crippen molar-refractivity contribution in [3.8, 4) is 0 Å². The summed E-state index contributed by atoms with van der Waals surface area (Å²) in [6.07, 6.45) is 4.14. The number of halogens is 1. The van der Waals surface area contributed by atoms with Gasteiger partial charge in [-0.3, -0.25) is 9.59 Å². The van der Waals surface area contributed by atoms with Crippen molar-refractivity contribution in [1.29, 1.82) is 0 Å². The SMILES string of the molecule is Cc1cc(CNC(=O)[C@H]2[C@H](C(=O)O)[C@H]3CC[C@@H]2C32CC2CC2(F)CCNCC2)on1. The minimum atomic E-state index is -1.15. The van der Waals surface area contributed by atoms with Gasteiger partial charge in [0.15, 0.2) is 5.76 Å². The van der Waals surface area contributed by atoms with Gasteiger partial charge in [-0.1, -0.05) is 5.16 Å². The van der Waals surface area contributed by atoms with E-state index in [0.717, 1.165) is 25.0 Å². The number of nitrogens with zero attached hydrogens (tertiary/aromatic N) is 1. The summed E-state index contributed by atoms with van der Waals surface area (Å²) in [5, 5.41) is 19.9. The average molecular weight is 419 g/mol. The number of amides is 1. The molecule has 1 aromatic heterocycles. The number of carbonyl (C=O) groups excluding carboxylic acids is 1. The van der Waals surface area contributed by atoms with Gasteiger partial charge in [-0.25, -0.2) is 4.39 Å². The van der Waals surface area contributed by atoms with E-state index in [4.69, 9.17) is 4.52 Å². The predicted molar refractivity (Wildman–Crippen MR) is 105 cm³/mol. The summed E-state index contributed by atoms with van der Waals surface area (Å²) >= 11 is 0. The Morgan fingerprint density at radius 2 is 2.00 bits per heavy atom. The van der Waals surface area contributed by atoms with Crippen molar-refractivity contribution in [2.45, 2.75) is 57.7 Å². The molecule has 1 amide bonds. The quantitative estimate of drug-likeness (QED) is 0.654. The van der Waals surface area contributed by atoms with Crippen molar-refractivity contribution in [2.75, 3.05) is 13.1 Å². The first kappa shape index (κ1) is 20.0. The van der Waals surface area contributed by atoms with Crippen molar-refractivity contribution < 1.29 is 23.6 Å². The van der Waals surface area contributed by atoms with E-state index in [0.29, 0.717) is 38.1 Å². The minimum absolute atomic E-state index is 0.0152. The molecule has 4 aliphatic rings. The number of carboxylic acid groups (broad SMARTS) is 1. The molecule has 3 aliphatic carbocycles. The highest BCUT2D eigenvalue weighted by Gasteiger charge is 2.76. The molecule has 1 aliphatic heterocycles. The molecule has 0 aromatic carbocycles. The van der Waals surface area contributed by atoms with Gasteiger partial charge in [0.25, 0.3) is 0 Å². The Morgan fingerprint density at radius 1 is 1.30 bits per heavy atom. The first-order valence-electron chi connectivity index (χ1n) is 11.2. The highest BCUT2D eigenvalue weighted by Crippen LogP contribution is 2.78. The number of hydrogen-bond donors (Lipinski definition) is 3. The van der Waals surface area contributed by atoms with Gasteiger partial charge in [-0.2, -0.15) is 0 Å². The summed E-state index contributed by atoms with van der Waals surface area (Å²) in [5.41, 5.74) is -0.569. The van der Waals surface area contributed by atoms with Crippen LogP contribution in [0.25, 0.3) is 0 Å². The lowest BCUT2D eigenvalue weighted by Gasteiger charge is -2.31. The third-order valence-electron chi connectivity index (χ3n) is 8.44. The average Bonchev–Trinajstić information content (AvgIpc) is 2.97. The lowest BCUT2D eigenvalue weighted by molar-refractivity contribution is -0.149. The lowest BCUT2D eigenvalue weighted by Crippen LogP contribution is -2.41. The molecule has 3 N–H and O–H groups in total. The van der Waals surface area contributed by atoms with E-state index in [1.807, 2.05) is 6.92 Å². The van der Waals surface area contributed by atoms with Crippen molar-refractivity contribution in [3.05, 3.63) is 17.5 Å². The van der Waals surface area contributed by atoms with Crippen LogP contribution in [0.5, 0.6) is 0 Å². The number of aryl methyl sites for hydroxylation is 1. The Bertz CT molecular complexity index is 851. The summed E-state index contributed by atoms with van der Waals surface area (Å²) < 4.78 is 20.5. The molecule has 1 saturated heterocycles. The molecule has 4 fully saturated rings. The molecule has 1 aromatic rings. The summed E-state index contributed by atoms with van der Waals surface area (Å²) in [7, 11) is 0. The van der Waals surface area contributed by atoms with Gasteiger partial charge in [0, 0.05) is 6.07 Å². The fourth-order valence-electron chi connectivity index (χ4n) is 7.22. The second-order valence-electron chi connectivity index (χ2n) is 9.95. The number of rotatable bonds is 6. The van der Waals surface area contributed by atoms with Crippen LogP contribution in [-0.4, -0.2) is 40.9 Å². The maximum atomic E-state index is 15.3. The van der Waals surface area contributed by atoms with Gasteiger partial charge in [0.1, 0.15) is 5.67 Å². The Balaban J connectivity index is 1.32. The largest absolute Gasteiger partial charge is 0.481 e. The van der Waals surface area contributed by atoms with E-state index < -0.39 is 23.5 Å². The molecule has 1 spiro atoms. The predicted octanol–water partition coefficient (Wildman–Crippen LogP) is 2.44. The van der Waals surface area contributed by atoms with Gasteiger partial charge >= 0.3 is 5.97 Å². The normalized spacial score (nSPS) is 38.7. The molecule has 8 heteroatoms. The van der Waals surface area contributed by atoms with Crippen molar-refractivity contribution >= 4 is 11.9 Å². The highest BCUT2D eigenvalue weighted by atomic mass is 19.1. The number of piperidine rings is 1. The van der Waals surface area contributed by atoms with Crippen LogP contribution in [0.2, 0.25) is 0 Å². The Hall–Kier alpha value is -1.96. The number of alkyl halides is 1. The van der Waals surface area contributed by atoms with Gasteiger partial charge in [0.2, 0.25) is 5.91 Å². The molecule has 0 radical (unpaired) electrons. The lowest BCUT2D eigenvalue weighted by atomic mass is 9.78. The van der Waals surface area contributed by atoms with Crippen molar-refractivity contribution in [1.82, 2.24) is 15.8 Å². The molecule has 2 unspecified atom stereocenters. The Morgan fingerprint density at radius 3 is 2.63 bits per heavy atom. The second kappa shape index (κ2) is 7.04. The molecular formula is C22H30FN3O4. The smallest absolute Gasteiger partial charge is 0.307 e. The number of nitrogens with one attached hydrogen (secondary N) is 2. The maximum Gasteiger partial charge on any atom is 0.307 e. The number of carbonyl (C=O) groups is 2. The Kier molecular flexibility index (Phi) is 4.69. The number of carboxylic acids is 1. The number of aromatic nitrogens is 1. The van der Waals surface area contributed by atoms with Gasteiger partial charge in [-0.15, -0.1) is 0 Å². The molecule has 2 heterocycles. The van der Waals surface area contributed by atoms with E-state index in [-0.39, 0.29) is 35.6 Å². The van der Waals surface area contributed by atoms with E-state index in [1.165, 1.54) is 0 Å². The first-order valence-corrected chi connectivity index (χ1v) is 11.2. The zero-order chi connectivity index (χ0) is 21.1. The Labute approximate surface area is 175 Å². The fourth-order valence-corrected chi connectivity index (χ4v) is 7.22. The van der Waals surface area contributed by atoms with Gasteiger partial charge < -0.3 is 20.3 Å². The molecule has 2 bridgehead atoms. The van der Waals surface area contributed by atoms with E-state index in [9.17, 15) is 14.7 Å². The van der Waals surface area contributed by atoms with Gasteiger partial charge in [-0.05, 0) is 81.7 Å². The molecular weight excluding hydrogens is 389 g/mol. The zero-order valence-corrected chi connectivity index (χ0v) is 17.3. The van der Waals surface area contributed by atoms with Crippen LogP contribution in [0.3, 0.4) is 0 Å². The standard InChI is InChI=1S/C22H30FN3O4/c1-12-8-14(30-26-12)11-25-19(27)17-15-2-3-16(18(17)20(28)29)22(15)10-13(22)9-21(23)4-6-24-7-5-21/h8,13,15-18,24H,2-7,9-11H2,1H3,(H,25,27)(H,28,29)/t13?,15-,16+,17+,18+,22?/m0/s1. The molecule has 30 heavy (non-hydrogen) atoms. The highest BCUT2D eigenvalue weighted by molar-refractivity contribution is 5.86. The molecule has 3 saturated carbocycles.